The first kappa shape index (κ1) is 29.6. The van der Waals surface area contributed by atoms with E-state index in [2.05, 4.69) is 19.1 Å². The molecule has 0 aromatic heterocycles. The van der Waals surface area contributed by atoms with Crippen LogP contribution in [0.2, 0.25) is 0 Å². The summed E-state index contributed by atoms with van der Waals surface area (Å²) in [7, 11) is 3.16. The molecule has 204 valence electrons. The van der Waals surface area contributed by atoms with Crippen molar-refractivity contribution in [2.45, 2.75) is 48.0 Å². The molecule has 3 aromatic rings. The van der Waals surface area contributed by atoms with Crippen molar-refractivity contribution in [1.82, 2.24) is 4.90 Å². The number of hydrogen-bond donors (Lipinski definition) is 1. The molecule has 0 radical (unpaired) electrons. The van der Waals surface area contributed by atoms with Crippen LogP contribution >= 0.6 is 0 Å². The van der Waals surface area contributed by atoms with E-state index in [0.29, 0.717) is 11.3 Å². The Bertz CT molecular complexity index is 1530. The molecule has 39 heavy (non-hydrogen) atoms. The van der Waals surface area contributed by atoms with Gasteiger partial charge in [0.05, 0.1) is 24.9 Å². The number of carbonyl (C=O) groups excluding carboxylic acids is 2. The van der Waals surface area contributed by atoms with Gasteiger partial charge < -0.3 is 15.0 Å². The summed E-state index contributed by atoms with van der Waals surface area (Å²) in [6, 6.07) is 17.8. The zero-order valence-electron chi connectivity index (χ0n) is 24.4. The van der Waals surface area contributed by atoms with E-state index >= 15 is 0 Å². The highest BCUT2D eigenvalue weighted by Gasteiger charge is 2.22. The van der Waals surface area contributed by atoms with E-state index in [0.717, 1.165) is 55.8 Å². The van der Waals surface area contributed by atoms with Gasteiger partial charge >= 0.3 is 5.97 Å². The van der Waals surface area contributed by atoms with Gasteiger partial charge in [-0.2, -0.15) is 0 Å². The lowest BCUT2D eigenvalue weighted by atomic mass is 9.93. The number of hydrogen-bond acceptors (Lipinski definition) is 4. The number of esters is 1. The van der Waals surface area contributed by atoms with Gasteiger partial charge in [-0.05, 0) is 89.6 Å². The van der Waals surface area contributed by atoms with Crippen LogP contribution in [0.25, 0.3) is 22.8 Å². The number of benzene rings is 3. The SMILES string of the molecule is CC=c1cc(-c2ccc(C(=O)OC)cc2C)cc/c1=C(\C(=O)N(C)CC(=N)c1c(C)cccc1CC)C(C)C. The monoisotopic (exact) mass is 524 g/mol. The second-order valence-corrected chi connectivity index (χ2v) is 10.3. The van der Waals surface area contributed by atoms with Gasteiger partial charge in [0.1, 0.15) is 0 Å². The van der Waals surface area contributed by atoms with Crippen molar-refractivity contribution in [2.24, 2.45) is 5.92 Å². The summed E-state index contributed by atoms with van der Waals surface area (Å²) in [5, 5.41) is 10.7. The summed E-state index contributed by atoms with van der Waals surface area (Å²) >= 11 is 0. The van der Waals surface area contributed by atoms with Gasteiger partial charge in [-0.3, -0.25) is 4.79 Å². The molecule has 0 aliphatic rings. The molecule has 1 amide bonds. The van der Waals surface area contributed by atoms with E-state index in [1.807, 2.05) is 77.1 Å². The van der Waals surface area contributed by atoms with Crippen LogP contribution in [0.15, 0.2) is 54.6 Å². The average Bonchev–Trinajstić information content (AvgIpc) is 2.92. The average molecular weight is 525 g/mol. The molecule has 0 saturated heterocycles. The second-order valence-electron chi connectivity index (χ2n) is 10.3. The number of carbonyl (C=O) groups is 2. The fourth-order valence-electron chi connectivity index (χ4n) is 5.17. The van der Waals surface area contributed by atoms with Crippen LogP contribution in [0.1, 0.15) is 60.3 Å². The number of nitrogens with zero attached hydrogens (tertiary/aromatic N) is 1. The van der Waals surface area contributed by atoms with Crippen LogP contribution < -0.4 is 10.4 Å². The van der Waals surface area contributed by atoms with Crippen LogP contribution in [0.5, 0.6) is 0 Å². The fraction of sp³-hybridized carbons (Fsp3) is 0.324. The summed E-state index contributed by atoms with van der Waals surface area (Å²) in [5.74, 6) is -0.442. The maximum Gasteiger partial charge on any atom is 0.337 e. The molecule has 0 spiro atoms. The van der Waals surface area contributed by atoms with Crippen molar-refractivity contribution in [3.05, 3.63) is 92.9 Å². The molecule has 0 heterocycles. The van der Waals surface area contributed by atoms with Crippen LogP contribution in [0, 0.1) is 25.2 Å². The van der Waals surface area contributed by atoms with Crippen LogP contribution in [-0.4, -0.2) is 43.2 Å². The highest BCUT2D eigenvalue weighted by molar-refractivity contribution is 6.15. The predicted octanol–water partition coefficient (Wildman–Crippen LogP) is 5.45. The Hall–Kier alpha value is -3.99. The molecule has 5 nitrogen and oxygen atoms in total. The van der Waals surface area contributed by atoms with Gasteiger partial charge in [-0.1, -0.05) is 63.2 Å². The first-order chi connectivity index (χ1) is 18.5. The van der Waals surface area contributed by atoms with E-state index in [1.165, 1.54) is 7.11 Å². The number of likely N-dealkylation sites (N-methyl/N-ethyl adjacent to an activating group) is 1. The van der Waals surface area contributed by atoms with Gasteiger partial charge in [-0.25, -0.2) is 4.79 Å². The Balaban J connectivity index is 2.03. The molecule has 0 saturated carbocycles. The number of nitrogens with one attached hydrogen (secondary N) is 1. The number of rotatable bonds is 8. The van der Waals surface area contributed by atoms with E-state index in [9.17, 15) is 9.59 Å². The Morgan fingerprint density at radius 3 is 2.33 bits per heavy atom. The van der Waals surface area contributed by atoms with Crippen molar-refractivity contribution in [3.8, 4) is 11.1 Å². The molecule has 0 bridgehead atoms. The minimum absolute atomic E-state index is 0.00979. The first-order valence-electron chi connectivity index (χ1n) is 13.5. The zero-order chi connectivity index (χ0) is 28.9. The lowest BCUT2D eigenvalue weighted by Gasteiger charge is -2.23. The quantitative estimate of drug-likeness (QED) is 0.315. The standard InChI is InChI=1S/C34H40N2O3/c1-9-24-13-11-12-22(5)32(24)30(35)20-36(7)33(37)31(21(3)4)29-17-14-26(19-25(29)10-2)28-16-15-27(18-23(28)6)34(38)39-8/h10-19,21,35H,9,20H2,1-8H3/b25-10?,31-29+,35-30?. The molecule has 5 heteroatoms. The van der Waals surface area contributed by atoms with Gasteiger partial charge in [0.2, 0.25) is 0 Å². The van der Waals surface area contributed by atoms with Crippen molar-refractivity contribution in [1.29, 1.82) is 5.41 Å². The highest BCUT2D eigenvalue weighted by Crippen LogP contribution is 2.24. The van der Waals surface area contributed by atoms with Crippen molar-refractivity contribution in [3.63, 3.8) is 0 Å². The van der Waals surface area contributed by atoms with Gasteiger partial charge in [0, 0.05) is 18.2 Å². The Kier molecular flexibility index (Phi) is 9.63. The number of methoxy groups -OCH3 is 1. The highest BCUT2D eigenvalue weighted by atomic mass is 16.5. The van der Waals surface area contributed by atoms with E-state index in [-0.39, 0.29) is 24.3 Å². The predicted molar refractivity (Wildman–Crippen MR) is 161 cm³/mol. The Morgan fingerprint density at radius 1 is 1.03 bits per heavy atom. The minimum Gasteiger partial charge on any atom is -0.465 e. The molecular weight excluding hydrogens is 484 g/mol. The van der Waals surface area contributed by atoms with Crippen LogP contribution in [0.4, 0.5) is 0 Å². The molecule has 3 aromatic carbocycles. The third-order valence-electron chi connectivity index (χ3n) is 7.20. The van der Waals surface area contributed by atoms with Crippen LogP contribution in [0.3, 0.4) is 0 Å². The number of aryl methyl sites for hydroxylation is 3. The Labute approximate surface area is 232 Å². The third-order valence-corrected chi connectivity index (χ3v) is 7.20. The summed E-state index contributed by atoms with van der Waals surface area (Å²) in [6.45, 7) is 12.4. The fourth-order valence-corrected chi connectivity index (χ4v) is 5.17. The van der Waals surface area contributed by atoms with Gasteiger partial charge in [0.25, 0.3) is 5.91 Å². The van der Waals surface area contributed by atoms with E-state index in [1.54, 1.807) is 18.0 Å². The molecule has 0 aliphatic heterocycles. The molecule has 0 aliphatic carbocycles. The van der Waals surface area contributed by atoms with Crippen molar-refractivity contribution in [2.75, 3.05) is 20.7 Å². The smallest absolute Gasteiger partial charge is 0.337 e. The Morgan fingerprint density at radius 2 is 1.74 bits per heavy atom. The second kappa shape index (κ2) is 12.7. The largest absolute Gasteiger partial charge is 0.465 e. The van der Waals surface area contributed by atoms with Gasteiger partial charge in [0.15, 0.2) is 0 Å². The maximum absolute atomic E-state index is 13.8. The lowest BCUT2D eigenvalue weighted by molar-refractivity contribution is -0.123. The summed E-state index contributed by atoms with van der Waals surface area (Å²) in [4.78, 5) is 27.4. The normalized spacial score (nSPS) is 12.4. The van der Waals surface area contributed by atoms with Gasteiger partial charge in [-0.15, -0.1) is 0 Å². The zero-order valence-corrected chi connectivity index (χ0v) is 24.4. The molecule has 0 fully saturated rings. The topological polar surface area (TPSA) is 70.5 Å². The van der Waals surface area contributed by atoms with E-state index < -0.39 is 0 Å². The van der Waals surface area contributed by atoms with Crippen LogP contribution in [-0.2, 0) is 16.0 Å². The molecule has 0 unspecified atom stereocenters. The summed E-state index contributed by atoms with van der Waals surface area (Å²) in [6.07, 6.45) is 2.86. The molecule has 3 rings (SSSR count). The first-order valence-corrected chi connectivity index (χ1v) is 13.5. The van der Waals surface area contributed by atoms with Crippen molar-refractivity contribution >= 4 is 29.2 Å². The molecular formula is C34H40N2O3. The maximum atomic E-state index is 13.8. The molecule has 1 N–H and O–H groups in total. The summed E-state index contributed by atoms with van der Waals surface area (Å²) in [5.41, 5.74) is 7.82. The van der Waals surface area contributed by atoms with E-state index in [4.69, 9.17) is 10.1 Å². The van der Waals surface area contributed by atoms with Crippen molar-refractivity contribution < 1.29 is 14.3 Å². The minimum atomic E-state index is -0.359. The number of amides is 1. The summed E-state index contributed by atoms with van der Waals surface area (Å²) < 4.78 is 4.85. The molecule has 0 atom stereocenters. The third kappa shape index (κ3) is 6.36. The number of ether oxygens (including phenoxy) is 1. The lowest BCUT2D eigenvalue weighted by Crippen LogP contribution is -2.39.